The number of hydrogen-bond acceptors (Lipinski definition) is 3. The molecule has 0 bridgehead atoms. The molecule has 0 unspecified atom stereocenters. The molecule has 0 fully saturated rings. The highest BCUT2D eigenvalue weighted by Crippen LogP contribution is 2.36. The molecule has 27 heavy (non-hydrogen) atoms. The third-order valence-electron chi connectivity index (χ3n) is 4.25. The summed E-state index contributed by atoms with van der Waals surface area (Å²) in [5.41, 5.74) is 4.01. The minimum Gasteiger partial charge on any atom is -0.488 e. The van der Waals surface area contributed by atoms with E-state index in [1.807, 2.05) is 85.8 Å². The zero-order valence-electron chi connectivity index (χ0n) is 15.1. The molecule has 0 atom stereocenters. The first-order valence-corrected chi connectivity index (χ1v) is 8.83. The first-order chi connectivity index (χ1) is 13.3. The molecular weight excluding hydrogens is 336 g/mol. The van der Waals surface area contributed by atoms with Crippen molar-refractivity contribution in [2.75, 3.05) is 0 Å². The number of benzene rings is 3. The molecular formula is C23H20N2O2. The lowest BCUT2D eigenvalue weighted by Gasteiger charge is -2.12. The van der Waals surface area contributed by atoms with Gasteiger partial charge in [-0.25, -0.2) is 0 Å². The van der Waals surface area contributed by atoms with Crippen molar-refractivity contribution in [2.24, 2.45) is 0 Å². The fourth-order valence-electron chi connectivity index (χ4n) is 2.81. The lowest BCUT2D eigenvalue weighted by molar-refractivity contribution is 0.307. The Labute approximate surface area is 158 Å². The average molecular weight is 356 g/mol. The van der Waals surface area contributed by atoms with Crippen LogP contribution in [0.2, 0.25) is 0 Å². The van der Waals surface area contributed by atoms with Gasteiger partial charge in [0.25, 0.3) is 0 Å². The maximum Gasteiger partial charge on any atom is 0.173 e. The van der Waals surface area contributed by atoms with Gasteiger partial charge in [-0.2, -0.15) is 5.10 Å². The zero-order valence-corrected chi connectivity index (χ0v) is 15.1. The van der Waals surface area contributed by atoms with Gasteiger partial charge in [0.15, 0.2) is 5.75 Å². The summed E-state index contributed by atoms with van der Waals surface area (Å²) < 4.78 is 12.1. The van der Waals surface area contributed by atoms with Crippen molar-refractivity contribution in [1.29, 1.82) is 0 Å². The molecule has 0 saturated carbocycles. The molecule has 4 aromatic rings. The van der Waals surface area contributed by atoms with E-state index in [1.54, 1.807) is 6.20 Å². The molecule has 1 heterocycles. The van der Waals surface area contributed by atoms with E-state index in [0.717, 1.165) is 28.3 Å². The van der Waals surface area contributed by atoms with E-state index in [4.69, 9.17) is 9.47 Å². The number of nitrogens with one attached hydrogen (secondary N) is 1. The van der Waals surface area contributed by atoms with Crippen LogP contribution in [0.15, 0.2) is 85.1 Å². The zero-order chi connectivity index (χ0) is 18.5. The van der Waals surface area contributed by atoms with Gasteiger partial charge in [0, 0.05) is 5.56 Å². The van der Waals surface area contributed by atoms with Crippen molar-refractivity contribution < 1.29 is 9.47 Å². The summed E-state index contributed by atoms with van der Waals surface area (Å²) in [6.07, 6.45) is 1.68. The Kier molecular flexibility index (Phi) is 4.88. The van der Waals surface area contributed by atoms with Gasteiger partial charge in [0.05, 0.1) is 6.20 Å². The largest absolute Gasteiger partial charge is 0.488 e. The van der Waals surface area contributed by atoms with E-state index in [0.29, 0.717) is 12.4 Å². The second-order valence-corrected chi connectivity index (χ2v) is 6.29. The molecule has 4 nitrogen and oxygen atoms in total. The Morgan fingerprint density at radius 1 is 0.815 bits per heavy atom. The Morgan fingerprint density at radius 3 is 2.37 bits per heavy atom. The number of ether oxygens (including phenoxy) is 2. The number of hydrogen-bond donors (Lipinski definition) is 1. The molecule has 0 saturated heterocycles. The van der Waals surface area contributed by atoms with Crippen LogP contribution < -0.4 is 9.47 Å². The Hall–Kier alpha value is -3.53. The second-order valence-electron chi connectivity index (χ2n) is 6.29. The minimum atomic E-state index is 0.500. The van der Waals surface area contributed by atoms with E-state index < -0.39 is 0 Å². The highest BCUT2D eigenvalue weighted by Gasteiger charge is 2.14. The lowest BCUT2D eigenvalue weighted by Crippen LogP contribution is -1.97. The number of para-hydroxylation sites is 1. The standard InChI is InChI=1S/C23H20N2O2/c1-17-11-13-19(14-12-17)27-22-15-24-25-23(22)20-9-5-6-10-21(20)26-16-18-7-3-2-4-8-18/h2-15H,16H2,1H3,(H,24,25). The summed E-state index contributed by atoms with van der Waals surface area (Å²) in [5.74, 6) is 2.21. The number of rotatable bonds is 6. The highest BCUT2D eigenvalue weighted by molar-refractivity contribution is 5.72. The molecule has 1 N–H and O–H groups in total. The van der Waals surface area contributed by atoms with Gasteiger partial charge < -0.3 is 9.47 Å². The molecule has 0 amide bonds. The summed E-state index contributed by atoms with van der Waals surface area (Å²) in [4.78, 5) is 0. The summed E-state index contributed by atoms with van der Waals surface area (Å²) >= 11 is 0. The Balaban J connectivity index is 1.59. The van der Waals surface area contributed by atoms with Crippen LogP contribution in [0, 0.1) is 6.92 Å². The molecule has 4 rings (SSSR count). The van der Waals surface area contributed by atoms with E-state index in [2.05, 4.69) is 10.2 Å². The highest BCUT2D eigenvalue weighted by atomic mass is 16.5. The molecule has 4 heteroatoms. The molecule has 3 aromatic carbocycles. The minimum absolute atomic E-state index is 0.500. The number of aryl methyl sites for hydroxylation is 1. The van der Waals surface area contributed by atoms with Gasteiger partial charge in [-0.05, 0) is 36.8 Å². The van der Waals surface area contributed by atoms with Gasteiger partial charge in [0.2, 0.25) is 0 Å². The fourth-order valence-corrected chi connectivity index (χ4v) is 2.81. The molecule has 0 aliphatic rings. The lowest BCUT2D eigenvalue weighted by atomic mass is 10.1. The van der Waals surface area contributed by atoms with Gasteiger partial charge in [-0.3, -0.25) is 5.10 Å². The van der Waals surface area contributed by atoms with Crippen molar-refractivity contribution in [2.45, 2.75) is 13.5 Å². The topological polar surface area (TPSA) is 47.1 Å². The summed E-state index contributed by atoms with van der Waals surface area (Å²) in [6, 6.07) is 25.9. The Bertz CT molecular complexity index is 1010. The molecule has 1 aromatic heterocycles. The first kappa shape index (κ1) is 16.9. The molecule has 134 valence electrons. The van der Waals surface area contributed by atoms with Crippen LogP contribution in [0.4, 0.5) is 0 Å². The number of H-pyrrole nitrogens is 1. The quantitative estimate of drug-likeness (QED) is 0.478. The van der Waals surface area contributed by atoms with Gasteiger partial charge >= 0.3 is 0 Å². The molecule has 0 radical (unpaired) electrons. The molecule has 0 aliphatic heterocycles. The Morgan fingerprint density at radius 2 is 1.56 bits per heavy atom. The van der Waals surface area contributed by atoms with E-state index in [1.165, 1.54) is 5.56 Å². The van der Waals surface area contributed by atoms with Crippen molar-refractivity contribution in [3.8, 4) is 28.5 Å². The smallest absolute Gasteiger partial charge is 0.173 e. The van der Waals surface area contributed by atoms with E-state index in [-0.39, 0.29) is 0 Å². The summed E-state index contributed by atoms with van der Waals surface area (Å²) in [6.45, 7) is 2.55. The van der Waals surface area contributed by atoms with E-state index in [9.17, 15) is 0 Å². The number of nitrogens with zero attached hydrogens (tertiary/aromatic N) is 1. The number of aromatic amines is 1. The predicted molar refractivity (Wildman–Crippen MR) is 106 cm³/mol. The van der Waals surface area contributed by atoms with Crippen LogP contribution in [0.25, 0.3) is 11.3 Å². The first-order valence-electron chi connectivity index (χ1n) is 8.83. The van der Waals surface area contributed by atoms with Crippen LogP contribution in [0.5, 0.6) is 17.2 Å². The third-order valence-corrected chi connectivity index (χ3v) is 4.25. The predicted octanol–water partition coefficient (Wildman–Crippen LogP) is 5.76. The SMILES string of the molecule is Cc1ccc(Oc2cn[nH]c2-c2ccccc2OCc2ccccc2)cc1. The number of aromatic nitrogens is 2. The fraction of sp³-hybridized carbons (Fsp3) is 0.0870. The normalized spacial score (nSPS) is 10.6. The average Bonchev–Trinajstić information content (AvgIpc) is 3.17. The summed E-state index contributed by atoms with van der Waals surface area (Å²) in [5, 5.41) is 7.20. The second kappa shape index (κ2) is 7.79. The van der Waals surface area contributed by atoms with Crippen molar-refractivity contribution in [3.63, 3.8) is 0 Å². The van der Waals surface area contributed by atoms with Crippen LogP contribution in [0.1, 0.15) is 11.1 Å². The van der Waals surface area contributed by atoms with Gasteiger partial charge in [-0.15, -0.1) is 0 Å². The maximum absolute atomic E-state index is 6.06. The van der Waals surface area contributed by atoms with Crippen molar-refractivity contribution in [3.05, 3.63) is 96.2 Å². The van der Waals surface area contributed by atoms with Gasteiger partial charge in [-0.1, -0.05) is 60.2 Å². The van der Waals surface area contributed by atoms with Crippen molar-refractivity contribution in [1.82, 2.24) is 10.2 Å². The van der Waals surface area contributed by atoms with Crippen LogP contribution in [-0.4, -0.2) is 10.2 Å². The van der Waals surface area contributed by atoms with E-state index >= 15 is 0 Å². The summed E-state index contributed by atoms with van der Waals surface area (Å²) in [7, 11) is 0. The van der Waals surface area contributed by atoms with Gasteiger partial charge in [0.1, 0.15) is 23.8 Å². The maximum atomic E-state index is 6.06. The van der Waals surface area contributed by atoms with Crippen LogP contribution in [-0.2, 0) is 6.61 Å². The van der Waals surface area contributed by atoms with Crippen molar-refractivity contribution >= 4 is 0 Å². The molecule has 0 spiro atoms. The third kappa shape index (κ3) is 4.01. The van der Waals surface area contributed by atoms with Crippen LogP contribution in [0.3, 0.4) is 0 Å². The van der Waals surface area contributed by atoms with Crippen LogP contribution >= 0.6 is 0 Å². The monoisotopic (exact) mass is 356 g/mol. The molecule has 0 aliphatic carbocycles.